The van der Waals surface area contributed by atoms with Crippen molar-refractivity contribution in [1.29, 1.82) is 0 Å². The maximum absolute atomic E-state index is 6.03. The van der Waals surface area contributed by atoms with E-state index in [0.717, 1.165) is 17.6 Å². The molecule has 2 atom stereocenters. The van der Waals surface area contributed by atoms with Crippen LogP contribution < -0.4 is 10.6 Å². The van der Waals surface area contributed by atoms with Crippen LogP contribution in [0.3, 0.4) is 0 Å². The first-order chi connectivity index (χ1) is 9.02. The molecule has 19 heavy (non-hydrogen) atoms. The van der Waals surface area contributed by atoms with Crippen molar-refractivity contribution in [2.75, 3.05) is 31.6 Å². The minimum Gasteiger partial charge on any atom is -0.363 e. The van der Waals surface area contributed by atoms with Gasteiger partial charge in [-0.1, -0.05) is 15.9 Å². The third-order valence-electron chi connectivity index (χ3n) is 4.03. The van der Waals surface area contributed by atoms with Crippen LogP contribution in [0.25, 0.3) is 0 Å². The smallest absolute Gasteiger partial charge is 0.0542 e. The predicted octanol–water partition coefficient (Wildman–Crippen LogP) is 2.62. The number of halogens is 1. The fraction of sp³-hybridized carbons (Fsp3) is 0.600. The van der Waals surface area contributed by atoms with Crippen molar-refractivity contribution in [3.05, 3.63) is 28.2 Å². The van der Waals surface area contributed by atoms with Crippen LogP contribution in [0.4, 0.5) is 5.69 Å². The summed E-state index contributed by atoms with van der Waals surface area (Å²) in [5.41, 5.74) is 8.66. The molecule has 2 N–H and O–H groups in total. The number of nitrogens with zero attached hydrogens (tertiary/aromatic N) is 2. The highest BCUT2D eigenvalue weighted by Gasteiger charge is 2.28. The summed E-state index contributed by atoms with van der Waals surface area (Å²) in [6, 6.07) is 7.44. The van der Waals surface area contributed by atoms with E-state index in [1.165, 1.54) is 17.7 Å². The average Bonchev–Trinajstić information content (AvgIpc) is 2.50. The van der Waals surface area contributed by atoms with Crippen molar-refractivity contribution in [2.24, 2.45) is 5.73 Å². The number of hydrogen-bond donors (Lipinski definition) is 1. The molecule has 2 unspecified atom stereocenters. The summed E-state index contributed by atoms with van der Waals surface area (Å²) in [4.78, 5) is 4.91. The molecule has 0 radical (unpaired) electrons. The van der Waals surface area contributed by atoms with E-state index in [9.17, 15) is 0 Å². The Morgan fingerprint density at radius 2 is 2.16 bits per heavy atom. The lowest BCUT2D eigenvalue weighted by Crippen LogP contribution is -2.48. The molecule has 1 aromatic carbocycles. The van der Waals surface area contributed by atoms with Gasteiger partial charge in [-0.3, -0.25) is 0 Å². The third-order valence-corrected chi connectivity index (χ3v) is 4.52. The van der Waals surface area contributed by atoms with Crippen LogP contribution in [0, 0.1) is 6.92 Å². The minimum absolute atomic E-state index is 0.391. The summed E-state index contributed by atoms with van der Waals surface area (Å²) in [5, 5.41) is 0. The summed E-state index contributed by atoms with van der Waals surface area (Å²) in [6.45, 7) is 7.36. The quantitative estimate of drug-likeness (QED) is 0.907. The first kappa shape index (κ1) is 14.8. The summed E-state index contributed by atoms with van der Waals surface area (Å²) in [6.07, 6.45) is 1.18. The number of hydrogen-bond acceptors (Lipinski definition) is 3. The maximum atomic E-state index is 6.03. The van der Waals surface area contributed by atoms with E-state index < -0.39 is 0 Å². The second-order valence-electron chi connectivity index (χ2n) is 5.63. The molecular weight excluding hydrogens is 302 g/mol. The monoisotopic (exact) mass is 325 g/mol. The van der Waals surface area contributed by atoms with Gasteiger partial charge in [0.15, 0.2) is 0 Å². The largest absolute Gasteiger partial charge is 0.363 e. The number of benzene rings is 1. The van der Waals surface area contributed by atoms with Gasteiger partial charge in [-0.05, 0) is 57.6 Å². The lowest BCUT2D eigenvalue weighted by molar-refractivity contribution is 0.332. The average molecular weight is 326 g/mol. The van der Waals surface area contributed by atoms with Crippen LogP contribution in [0.2, 0.25) is 0 Å². The number of likely N-dealkylation sites (N-methyl/N-ethyl adjacent to an activating group) is 1. The number of aryl methyl sites for hydroxylation is 1. The van der Waals surface area contributed by atoms with Gasteiger partial charge in [0.2, 0.25) is 0 Å². The Labute approximate surface area is 124 Å². The Kier molecular flexibility index (Phi) is 4.87. The molecular formula is C15H24BrN3. The van der Waals surface area contributed by atoms with Crippen LogP contribution in [-0.4, -0.2) is 43.7 Å². The highest BCUT2D eigenvalue weighted by molar-refractivity contribution is 9.10. The zero-order valence-electron chi connectivity index (χ0n) is 12.1. The van der Waals surface area contributed by atoms with Crippen LogP contribution in [0.5, 0.6) is 0 Å². The lowest BCUT2D eigenvalue weighted by atomic mass is 10.1. The van der Waals surface area contributed by atoms with E-state index >= 15 is 0 Å². The van der Waals surface area contributed by atoms with Crippen molar-refractivity contribution in [2.45, 2.75) is 32.4 Å². The van der Waals surface area contributed by atoms with Gasteiger partial charge in [0, 0.05) is 29.3 Å². The van der Waals surface area contributed by atoms with Crippen LogP contribution >= 0.6 is 15.9 Å². The molecule has 2 rings (SSSR count). The highest BCUT2D eigenvalue weighted by atomic mass is 79.9. The van der Waals surface area contributed by atoms with Crippen molar-refractivity contribution in [1.82, 2.24) is 4.90 Å². The summed E-state index contributed by atoms with van der Waals surface area (Å²) < 4.78 is 1.14. The van der Waals surface area contributed by atoms with Gasteiger partial charge in [0.25, 0.3) is 0 Å². The van der Waals surface area contributed by atoms with Crippen molar-refractivity contribution in [3.63, 3.8) is 0 Å². The molecule has 0 aliphatic carbocycles. The van der Waals surface area contributed by atoms with Gasteiger partial charge >= 0.3 is 0 Å². The van der Waals surface area contributed by atoms with Gasteiger partial charge in [-0.15, -0.1) is 0 Å². The topological polar surface area (TPSA) is 32.5 Å². The summed E-state index contributed by atoms with van der Waals surface area (Å²) in [7, 11) is 2.19. The molecule has 4 heteroatoms. The molecule has 106 valence electrons. The van der Waals surface area contributed by atoms with E-state index in [2.05, 4.69) is 64.8 Å². The van der Waals surface area contributed by atoms with Crippen LogP contribution in [0.1, 0.15) is 18.9 Å². The number of nitrogens with two attached hydrogens (primary N) is 1. The first-order valence-corrected chi connectivity index (χ1v) is 7.75. The molecule has 1 aliphatic heterocycles. The lowest BCUT2D eigenvalue weighted by Gasteiger charge is -2.37. The van der Waals surface area contributed by atoms with Gasteiger partial charge in [-0.2, -0.15) is 0 Å². The molecule has 1 saturated heterocycles. The molecule has 0 amide bonds. The van der Waals surface area contributed by atoms with Crippen molar-refractivity contribution >= 4 is 21.6 Å². The van der Waals surface area contributed by atoms with Crippen molar-refractivity contribution < 1.29 is 0 Å². The Hall–Kier alpha value is -0.580. The standard InChI is InChI=1S/C15H24BrN3/c1-11-8-13(16)4-5-15(11)19-12(2)6-7-18(3)10-14(19)9-17/h4-5,8,12,14H,6-7,9-10,17H2,1-3H3. The van der Waals surface area contributed by atoms with E-state index in [4.69, 9.17) is 5.73 Å². The van der Waals surface area contributed by atoms with E-state index in [1.807, 2.05) is 0 Å². The molecule has 0 saturated carbocycles. The number of rotatable bonds is 2. The molecule has 1 aliphatic rings. The normalized spacial score (nSPS) is 25.4. The fourth-order valence-corrected chi connectivity index (χ4v) is 3.45. The van der Waals surface area contributed by atoms with Gasteiger partial charge in [0.1, 0.15) is 0 Å². The van der Waals surface area contributed by atoms with E-state index in [0.29, 0.717) is 18.6 Å². The van der Waals surface area contributed by atoms with E-state index in [-0.39, 0.29) is 0 Å². The van der Waals surface area contributed by atoms with Gasteiger partial charge < -0.3 is 15.5 Å². The Morgan fingerprint density at radius 1 is 1.42 bits per heavy atom. The Bertz CT molecular complexity index is 435. The van der Waals surface area contributed by atoms with Gasteiger partial charge in [0.05, 0.1) is 6.04 Å². The van der Waals surface area contributed by atoms with Gasteiger partial charge in [-0.25, -0.2) is 0 Å². The summed E-state index contributed by atoms with van der Waals surface area (Å²) >= 11 is 3.54. The Balaban J connectivity index is 2.37. The third kappa shape index (κ3) is 3.30. The fourth-order valence-electron chi connectivity index (χ4n) is 2.98. The SMILES string of the molecule is Cc1cc(Br)ccc1N1C(C)CCN(C)CC1CN. The molecule has 0 aromatic heterocycles. The molecule has 1 heterocycles. The molecule has 1 aromatic rings. The zero-order chi connectivity index (χ0) is 14.0. The molecule has 0 bridgehead atoms. The molecule has 3 nitrogen and oxygen atoms in total. The summed E-state index contributed by atoms with van der Waals surface area (Å²) in [5.74, 6) is 0. The second kappa shape index (κ2) is 6.25. The number of anilines is 1. The van der Waals surface area contributed by atoms with E-state index in [1.54, 1.807) is 0 Å². The molecule has 0 spiro atoms. The van der Waals surface area contributed by atoms with Crippen molar-refractivity contribution in [3.8, 4) is 0 Å². The highest BCUT2D eigenvalue weighted by Crippen LogP contribution is 2.29. The predicted molar refractivity (Wildman–Crippen MR) is 85.8 cm³/mol. The zero-order valence-corrected chi connectivity index (χ0v) is 13.7. The second-order valence-corrected chi connectivity index (χ2v) is 6.54. The van der Waals surface area contributed by atoms with Crippen LogP contribution in [-0.2, 0) is 0 Å². The van der Waals surface area contributed by atoms with Crippen LogP contribution in [0.15, 0.2) is 22.7 Å². The minimum atomic E-state index is 0.391. The first-order valence-electron chi connectivity index (χ1n) is 6.96. The molecule has 1 fully saturated rings. The Morgan fingerprint density at radius 3 is 2.79 bits per heavy atom. The maximum Gasteiger partial charge on any atom is 0.0542 e.